The van der Waals surface area contributed by atoms with Gasteiger partial charge in [0.1, 0.15) is 36.6 Å². The number of hydrogen-bond donors (Lipinski definition) is 7. The van der Waals surface area contributed by atoms with Gasteiger partial charge in [-0.2, -0.15) is 5.48 Å². The van der Waals surface area contributed by atoms with E-state index in [1.165, 1.54) is 7.11 Å². The predicted molar refractivity (Wildman–Crippen MR) is 75.2 cm³/mol. The number of nitrogens with one attached hydrogen (secondary N) is 1. The first-order valence-electron chi connectivity index (χ1n) is 7.61. The van der Waals surface area contributed by atoms with E-state index in [0.717, 1.165) is 0 Å². The quantitative estimate of drug-likeness (QED) is 0.230. The zero-order valence-corrected chi connectivity index (χ0v) is 13.1. The third-order valence-corrected chi connectivity index (χ3v) is 4.19. The van der Waals surface area contributed by atoms with E-state index in [1.807, 2.05) is 0 Å². The summed E-state index contributed by atoms with van der Waals surface area (Å²) in [5.74, 6) is 0. The Hall–Kier alpha value is -0.440. The summed E-state index contributed by atoms with van der Waals surface area (Å²) in [5, 5.41) is 57.7. The number of hydroxylamine groups is 1. The van der Waals surface area contributed by atoms with Crippen LogP contribution in [-0.4, -0.2) is 106 Å². The van der Waals surface area contributed by atoms with Crippen LogP contribution in [0, 0.1) is 0 Å². The molecule has 0 unspecified atom stereocenters. The highest BCUT2D eigenvalue weighted by molar-refractivity contribution is 4.90. The molecule has 0 saturated carbocycles. The lowest BCUT2D eigenvalue weighted by Crippen LogP contribution is -2.62. The first kappa shape index (κ1) is 19.9. The van der Waals surface area contributed by atoms with Gasteiger partial charge in [-0.25, -0.2) is 0 Å². The summed E-state index contributed by atoms with van der Waals surface area (Å²) >= 11 is 0. The Kier molecular flexibility index (Phi) is 7.27. The Morgan fingerprint density at radius 2 is 1.54 bits per heavy atom. The number of ether oxygens (including phenoxy) is 3. The van der Waals surface area contributed by atoms with E-state index in [2.05, 4.69) is 5.48 Å². The molecule has 24 heavy (non-hydrogen) atoms. The zero-order valence-electron chi connectivity index (χ0n) is 13.1. The van der Waals surface area contributed by atoms with Crippen molar-refractivity contribution < 1.29 is 49.7 Å². The molecule has 0 bridgehead atoms. The highest BCUT2D eigenvalue weighted by Crippen LogP contribution is 2.24. The van der Waals surface area contributed by atoms with Crippen LogP contribution in [0.4, 0.5) is 0 Å². The maximum atomic E-state index is 10.1. The largest absolute Gasteiger partial charge is 0.394 e. The van der Waals surface area contributed by atoms with E-state index in [4.69, 9.17) is 24.2 Å². The van der Waals surface area contributed by atoms with Crippen molar-refractivity contribution in [1.82, 2.24) is 5.48 Å². The predicted octanol–water partition coefficient (Wildman–Crippen LogP) is -4.21. The summed E-state index contributed by atoms with van der Waals surface area (Å²) in [5.41, 5.74) is 2.50. The third-order valence-electron chi connectivity index (χ3n) is 4.19. The zero-order chi connectivity index (χ0) is 17.9. The highest BCUT2D eigenvalue weighted by Gasteiger charge is 2.45. The second kappa shape index (κ2) is 8.78. The Morgan fingerprint density at radius 3 is 2.12 bits per heavy atom. The van der Waals surface area contributed by atoms with Gasteiger partial charge in [-0.05, 0) is 0 Å². The Bertz CT molecular complexity index is 374. The van der Waals surface area contributed by atoms with Crippen LogP contribution in [0.2, 0.25) is 0 Å². The molecule has 2 heterocycles. The number of aliphatic hydroxyl groups excluding tert-OH is 6. The van der Waals surface area contributed by atoms with Gasteiger partial charge in [-0.1, -0.05) is 0 Å². The SMILES string of the molecule is CO[C@@H]1C[C@H](NO[C@H]2O[C@H](CO)[C@@H](O)[C@H](O)[C@H]2O)[C@H](O)[C@@H](CO)O1. The average Bonchev–Trinajstić information content (AvgIpc) is 2.60. The molecule has 0 radical (unpaired) electrons. The van der Waals surface area contributed by atoms with E-state index in [9.17, 15) is 25.5 Å². The van der Waals surface area contributed by atoms with Crippen molar-refractivity contribution in [3.8, 4) is 0 Å². The minimum Gasteiger partial charge on any atom is -0.394 e. The van der Waals surface area contributed by atoms with E-state index in [0.29, 0.717) is 0 Å². The highest BCUT2D eigenvalue weighted by atomic mass is 16.8. The Balaban J connectivity index is 1.95. The van der Waals surface area contributed by atoms with Crippen LogP contribution in [0.25, 0.3) is 0 Å². The monoisotopic (exact) mass is 355 g/mol. The molecule has 142 valence electrons. The smallest absolute Gasteiger partial charge is 0.206 e. The lowest BCUT2D eigenvalue weighted by Gasteiger charge is -2.41. The molecule has 7 N–H and O–H groups in total. The summed E-state index contributed by atoms with van der Waals surface area (Å²) in [6.07, 6.45) is -9.62. The van der Waals surface area contributed by atoms with Crippen LogP contribution in [0.1, 0.15) is 6.42 Å². The van der Waals surface area contributed by atoms with Crippen LogP contribution >= 0.6 is 0 Å². The normalized spacial score (nSPS) is 46.9. The molecular formula is C13H25NO10. The summed E-state index contributed by atoms with van der Waals surface area (Å²) in [4.78, 5) is 5.18. The Morgan fingerprint density at radius 1 is 0.917 bits per heavy atom. The van der Waals surface area contributed by atoms with Crippen LogP contribution in [0.15, 0.2) is 0 Å². The topological polar surface area (TPSA) is 170 Å². The number of hydrogen-bond acceptors (Lipinski definition) is 11. The van der Waals surface area contributed by atoms with Crippen LogP contribution in [0.5, 0.6) is 0 Å². The van der Waals surface area contributed by atoms with Crippen molar-refractivity contribution in [2.45, 2.75) is 61.7 Å². The second-order valence-electron chi connectivity index (χ2n) is 5.79. The molecule has 2 fully saturated rings. The molecular weight excluding hydrogens is 330 g/mol. The molecule has 0 amide bonds. The molecule has 11 heteroatoms. The fraction of sp³-hybridized carbons (Fsp3) is 1.00. The molecule has 0 aromatic carbocycles. The van der Waals surface area contributed by atoms with Gasteiger partial charge in [-0.3, -0.25) is 4.84 Å². The van der Waals surface area contributed by atoms with Gasteiger partial charge in [-0.15, -0.1) is 0 Å². The molecule has 0 spiro atoms. The maximum absolute atomic E-state index is 10.1. The summed E-state index contributed by atoms with van der Waals surface area (Å²) in [7, 11) is 1.41. The van der Waals surface area contributed by atoms with E-state index >= 15 is 0 Å². The summed E-state index contributed by atoms with van der Waals surface area (Å²) < 4.78 is 15.5. The molecule has 9 atom stereocenters. The standard InChI is InChI=1S/C13H25NO10/c1-21-8-2-5(9(17)6(3-15)22-8)14-24-13-12(20)11(19)10(18)7(4-16)23-13/h5-20H,2-4H2,1H3/t5-,6+,7+,8-,9-,10+,11-,12+,13+/m0/s1. The minimum atomic E-state index is -1.57. The first-order chi connectivity index (χ1) is 11.4. The summed E-state index contributed by atoms with van der Waals surface area (Å²) in [6.45, 7) is -1.01. The summed E-state index contributed by atoms with van der Waals surface area (Å²) in [6, 6.07) is -0.715. The van der Waals surface area contributed by atoms with Crippen molar-refractivity contribution >= 4 is 0 Å². The van der Waals surface area contributed by atoms with Crippen molar-refractivity contribution in [3.63, 3.8) is 0 Å². The molecule has 2 aliphatic rings. The van der Waals surface area contributed by atoms with Crippen LogP contribution < -0.4 is 5.48 Å². The Labute approximate surface area is 138 Å². The van der Waals surface area contributed by atoms with E-state index < -0.39 is 68.5 Å². The number of rotatable bonds is 6. The van der Waals surface area contributed by atoms with Crippen molar-refractivity contribution in [1.29, 1.82) is 0 Å². The van der Waals surface area contributed by atoms with Crippen molar-refractivity contribution in [2.24, 2.45) is 0 Å². The molecule has 0 aliphatic carbocycles. The van der Waals surface area contributed by atoms with Gasteiger partial charge in [0.05, 0.1) is 19.3 Å². The molecule has 0 aromatic rings. The number of methoxy groups -OCH3 is 1. The average molecular weight is 355 g/mol. The van der Waals surface area contributed by atoms with Crippen molar-refractivity contribution in [3.05, 3.63) is 0 Å². The second-order valence-corrected chi connectivity index (χ2v) is 5.79. The van der Waals surface area contributed by atoms with E-state index in [1.54, 1.807) is 0 Å². The van der Waals surface area contributed by atoms with Gasteiger partial charge in [0.2, 0.25) is 6.29 Å². The molecule has 0 aromatic heterocycles. The number of aliphatic hydroxyl groups is 6. The van der Waals surface area contributed by atoms with Gasteiger partial charge < -0.3 is 44.8 Å². The molecule has 2 aliphatic heterocycles. The van der Waals surface area contributed by atoms with Gasteiger partial charge in [0.25, 0.3) is 0 Å². The minimum absolute atomic E-state index is 0.186. The lowest BCUT2D eigenvalue weighted by atomic mass is 9.99. The van der Waals surface area contributed by atoms with Crippen molar-refractivity contribution in [2.75, 3.05) is 20.3 Å². The van der Waals surface area contributed by atoms with E-state index in [-0.39, 0.29) is 6.42 Å². The van der Waals surface area contributed by atoms with Gasteiger partial charge >= 0.3 is 0 Å². The van der Waals surface area contributed by atoms with Gasteiger partial charge in [0.15, 0.2) is 6.29 Å². The fourth-order valence-corrected chi connectivity index (χ4v) is 2.68. The molecule has 2 rings (SSSR count). The maximum Gasteiger partial charge on any atom is 0.206 e. The molecule has 11 nitrogen and oxygen atoms in total. The van der Waals surface area contributed by atoms with Crippen LogP contribution in [-0.2, 0) is 19.0 Å². The lowest BCUT2D eigenvalue weighted by molar-refractivity contribution is -0.326. The third kappa shape index (κ3) is 4.20. The fourth-order valence-electron chi connectivity index (χ4n) is 2.68. The molecule has 2 saturated heterocycles. The van der Waals surface area contributed by atoms with Crippen LogP contribution in [0.3, 0.4) is 0 Å². The first-order valence-corrected chi connectivity index (χ1v) is 7.61. The van der Waals surface area contributed by atoms with Gasteiger partial charge in [0, 0.05) is 13.5 Å².